The van der Waals surface area contributed by atoms with Crippen LogP contribution in [0.25, 0.3) is 0 Å². The summed E-state index contributed by atoms with van der Waals surface area (Å²) < 4.78 is 6.72. The van der Waals surface area contributed by atoms with Crippen molar-refractivity contribution in [3.63, 3.8) is 0 Å². The summed E-state index contributed by atoms with van der Waals surface area (Å²) in [6.07, 6.45) is 6.40. The van der Waals surface area contributed by atoms with Gasteiger partial charge >= 0.3 is 0 Å². The largest absolute Gasteiger partial charge is 0.381 e. The van der Waals surface area contributed by atoms with E-state index in [-0.39, 0.29) is 5.91 Å². The summed E-state index contributed by atoms with van der Waals surface area (Å²) in [5.74, 6) is 0.503. The van der Waals surface area contributed by atoms with Gasteiger partial charge in [0.25, 0.3) is 0 Å². The second kappa shape index (κ2) is 3.70. The Morgan fingerprint density at radius 2 is 2.62 bits per heavy atom. The molecule has 4 heteroatoms. The van der Waals surface area contributed by atoms with Crippen LogP contribution in [0.4, 0.5) is 0 Å². The van der Waals surface area contributed by atoms with E-state index in [1.807, 2.05) is 0 Å². The van der Waals surface area contributed by atoms with E-state index < -0.39 is 0 Å². The van der Waals surface area contributed by atoms with E-state index in [1.165, 1.54) is 10.9 Å². The van der Waals surface area contributed by atoms with Gasteiger partial charge in [-0.2, -0.15) is 0 Å². The summed E-state index contributed by atoms with van der Waals surface area (Å²) in [6, 6.07) is 0. The van der Waals surface area contributed by atoms with Gasteiger partial charge in [-0.15, -0.1) is 0 Å². The smallest absolute Gasteiger partial charge is 0.232 e. The van der Waals surface area contributed by atoms with E-state index in [9.17, 15) is 4.79 Å². The lowest BCUT2D eigenvalue weighted by Gasteiger charge is -2.05. The molecule has 2 rings (SSSR count). The lowest BCUT2D eigenvalue weighted by molar-refractivity contribution is 0.0871. The monoisotopic (exact) mass is 180 g/mol. The Morgan fingerprint density at radius 3 is 3.23 bits per heavy atom. The quantitative estimate of drug-likeness (QED) is 0.680. The van der Waals surface area contributed by atoms with Gasteiger partial charge in [-0.1, -0.05) is 0 Å². The number of imidazole rings is 1. The first-order chi connectivity index (χ1) is 6.36. The van der Waals surface area contributed by atoms with Crippen LogP contribution in [0.1, 0.15) is 17.6 Å². The predicted octanol–water partition coefficient (Wildman–Crippen LogP) is 0.950. The van der Waals surface area contributed by atoms with Gasteiger partial charge in [-0.25, -0.2) is 4.98 Å². The highest BCUT2D eigenvalue weighted by atomic mass is 16.5. The van der Waals surface area contributed by atoms with Crippen LogP contribution in [0, 0.1) is 5.92 Å². The van der Waals surface area contributed by atoms with Crippen LogP contribution in [-0.2, 0) is 4.74 Å². The molecule has 1 aromatic heterocycles. The summed E-state index contributed by atoms with van der Waals surface area (Å²) >= 11 is 0. The van der Waals surface area contributed by atoms with Crippen LogP contribution in [0.3, 0.4) is 0 Å². The van der Waals surface area contributed by atoms with Crippen molar-refractivity contribution in [2.45, 2.75) is 12.8 Å². The van der Waals surface area contributed by atoms with Gasteiger partial charge in [0.15, 0.2) is 0 Å². The van der Waals surface area contributed by atoms with Crippen LogP contribution < -0.4 is 0 Å². The molecule has 0 radical (unpaired) electrons. The third kappa shape index (κ3) is 1.95. The van der Waals surface area contributed by atoms with Gasteiger partial charge in [0.05, 0.1) is 0 Å². The average molecular weight is 180 g/mol. The second-order valence-corrected chi connectivity index (χ2v) is 3.30. The molecule has 1 fully saturated rings. The topological polar surface area (TPSA) is 44.1 Å². The molecular formula is C9H12N2O2. The van der Waals surface area contributed by atoms with Gasteiger partial charge in [0, 0.05) is 32.0 Å². The number of hydrogen-bond acceptors (Lipinski definition) is 3. The van der Waals surface area contributed by atoms with Gasteiger partial charge < -0.3 is 4.74 Å². The molecule has 1 atom stereocenters. The van der Waals surface area contributed by atoms with E-state index in [4.69, 9.17) is 4.74 Å². The average Bonchev–Trinajstić information content (AvgIpc) is 2.74. The highest BCUT2D eigenvalue weighted by Gasteiger charge is 2.19. The third-order valence-corrected chi connectivity index (χ3v) is 2.28. The molecule has 0 amide bonds. The molecule has 1 aliphatic rings. The summed E-state index contributed by atoms with van der Waals surface area (Å²) in [7, 11) is 0. The van der Waals surface area contributed by atoms with Crippen molar-refractivity contribution in [1.82, 2.24) is 9.55 Å². The number of rotatable bonds is 2. The molecule has 0 aliphatic carbocycles. The maximum Gasteiger partial charge on any atom is 0.232 e. The fourth-order valence-corrected chi connectivity index (χ4v) is 1.50. The maximum absolute atomic E-state index is 11.5. The van der Waals surface area contributed by atoms with Crippen LogP contribution >= 0.6 is 0 Å². The molecule has 1 aromatic rings. The van der Waals surface area contributed by atoms with E-state index in [2.05, 4.69) is 4.98 Å². The minimum Gasteiger partial charge on any atom is -0.381 e. The molecule has 4 nitrogen and oxygen atoms in total. The molecular weight excluding hydrogens is 168 g/mol. The molecule has 0 saturated carbocycles. The number of aromatic nitrogens is 2. The van der Waals surface area contributed by atoms with Crippen molar-refractivity contribution in [2.24, 2.45) is 5.92 Å². The standard InChI is InChI=1S/C9H12N2O2/c12-9(11-3-2-10-7-11)5-8-1-4-13-6-8/h2-3,7-8H,1,4-6H2/t8-/m1/s1. The number of nitrogens with zero attached hydrogens (tertiary/aromatic N) is 2. The molecule has 0 spiro atoms. The number of hydrogen-bond donors (Lipinski definition) is 0. The third-order valence-electron chi connectivity index (χ3n) is 2.28. The highest BCUT2D eigenvalue weighted by molar-refractivity contribution is 5.78. The zero-order chi connectivity index (χ0) is 9.10. The first-order valence-corrected chi connectivity index (χ1v) is 4.45. The van der Waals surface area contributed by atoms with E-state index in [1.54, 1.807) is 12.4 Å². The predicted molar refractivity (Wildman–Crippen MR) is 46.4 cm³/mol. The van der Waals surface area contributed by atoms with Gasteiger partial charge in [-0.3, -0.25) is 9.36 Å². The molecule has 70 valence electrons. The molecule has 0 bridgehead atoms. The fourth-order valence-electron chi connectivity index (χ4n) is 1.50. The maximum atomic E-state index is 11.5. The lowest BCUT2D eigenvalue weighted by atomic mass is 10.1. The minimum atomic E-state index is 0.105. The Morgan fingerprint density at radius 1 is 1.69 bits per heavy atom. The first-order valence-electron chi connectivity index (χ1n) is 4.45. The molecule has 0 unspecified atom stereocenters. The van der Waals surface area contributed by atoms with Crippen molar-refractivity contribution < 1.29 is 9.53 Å². The molecule has 1 aliphatic heterocycles. The van der Waals surface area contributed by atoms with Gasteiger partial charge in [0.2, 0.25) is 5.91 Å². The van der Waals surface area contributed by atoms with E-state index >= 15 is 0 Å². The normalized spacial score (nSPS) is 22.0. The lowest BCUT2D eigenvalue weighted by Crippen LogP contribution is -2.14. The van der Waals surface area contributed by atoms with Crippen molar-refractivity contribution in [1.29, 1.82) is 0 Å². The van der Waals surface area contributed by atoms with Crippen molar-refractivity contribution in [3.8, 4) is 0 Å². The molecule has 0 aromatic carbocycles. The Bertz CT molecular complexity index is 276. The number of carbonyl (C=O) groups excluding carboxylic acids is 1. The Hall–Kier alpha value is -1.16. The molecule has 1 saturated heterocycles. The van der Waals surface area contributed by atoms with Crippen LogP contribution in [-0.4, -0.2) is 28.7 Å². The number of ether oxygens (including phenoxy) is 1. The second-order valence-electron chi connectivity index (χ2n) is 3.30. The summed E-state index contributed by atoms with van der Waals surface area (Å²) in [5, 5.41) is 0. The summed E-state index contributed by atoms with van der Waals surface area (Å²) in [6.45, 7) is 1.52. The van der Waals surface area contributed by atoms with E-state index in [0.29, 0.717) is 12.3 Å². The van der Waals surface area contributed by atoms with Crippen LogP contribution in [0.15, 0.2) is 18.7 Å². The van der Waals surface area contributed by atoms with Gasteiger partial charge in [-0.05, 0) is 12.3 Å². The molecule has 0 N–H and O–H groups in total. The highest BCUT2D eigenvalue weighted by Crippen LogP contribution is 2.16. The Balaban J connectivity index is 1.91. The molecule has 2 heterocycles. The Kier molecular flexibility index (Phi) is 2.40. The fraction of sp³-hybridized carbons (Fsp3) is 0.556. The van der Waals surface area contributed by atoms with Gasteiger partial charge in [0.1, 0.15) is 6.33 Å². The van der Waals surface area contributed by atoms with Crippen LogP contribution in [0.5, 0.6) is 0 Å². The Labute approximate surface area is 76.5 Å². The SMILES string of the molecule is O=C(C[C@H]1CCOC1)n1ccnc1. The number of carbonyl (C=O) groups is 1. The summed E-state index contributed by atoms with van der Waals surface area (Å²) in [4.78, 5) is 15.4. The van der Waals surface area contributed by atoms with E-state index in [0.717, 1.165) is 19.6 Å². The molecule has 13 heavy (non-hydrogen) atoms. The van der Waals surface area contributed by atoms with Crippen molar-refractivity contribution in [3.05, 3.63) is 18.7 Å². The van der Waals surface area contributed by atoms with Crippen LogP contribution in [0.2, 0.25) is 0 Å². The zero-order valence-corrected chi connectivity index (χ0v) is 7.35. The van der Waals surface area contributed by atoms with Crippen molar-refractivity contribution in [2.75, 3.05) is 13.2 Å². The first kappa shape index (κ1) is 8.44. The minimum absolute atomic E-state index is 0.105. The zero-order valence-electron chi connectivity index (χ0n) is 7.35. The van der Waals surface area contributed by atoms with Crippen molar-refractivity contribution >= 4 is 5.91 Å². The summed E-state index contributed by atoms with van der Waals surface area (Å²) in [5.41, 5.74) is 0.